The third-order valence-corrected chi connectivity index (χ3v) is 6.88. The molecule has 0 radical (unpaired) electrons. The molecule has 1 unspecified atom stereocenters. The number of nitrogens with zero attached hydrogens (tertiary/aromatic N) is 6. The van der Waals surface area contributed by atoms with Crippen molar-refractivity contribution < 1.29 is 32.2 Å². The highest BCUT2D eigenvalue weighted by Gasteiger charge is 2.41. The Labute approximate surface area is 227 Å². The molecule has 6 rings (SSSR count). The maximum Gasteiger partial charge on any atom is 0.416 e. The molecular formula is C26H26F3N7O4. The van der Waals surface area contributed by atoms with Crippen molar-refractivity contribution in [3.05, 3.63) is 48.4 Å². The Morgan fingerprint density at radius 2 is 2.08 bits per heavy atom. The van der Waals surface area contributed by atoms with Gasteiger partial charge in [-0.3, -0.25) is 10.2 Å². The third-order valence-electron chi connectivity index (χ3n) is 6.88. The summed E-state index contributed by atoms with van der Waals surface area (Å²) in [5, 5.41) is 2.78. The van der Waals surface area contributed by atoms with Crippen LogP contribution in [0, 0.1) is 0 Å². The molecule has 11 nitrogen and oxygen atoms in total. The first-order valence-corrected chi connectivity index (χ1v) is 12.7. The Morgan fingerprint density at radius 3 is 2.85 bits per heavy atom. The molecule has 3 aliphatic rings. The van der Waals surface area contributed by atoms with E-state index in [9.17, 15) is 18.0 Å². The van der Waals surface area contributed by atoms with E-state index in [-0.39, 0.29) is 41.8 Å². The van der Waals surface area contributed by atoms with Crippen LogP contribution in [0.1, 0.15) is 25.8 Å². The van der Waals surface area contributed by atoms with Crippen molar-refractivity contribution in [2.45, 2.75) is 44.4 Å². The molecule has 40 heavy (non-hydrogen) atoms. The van der Waals surface area contributed by atoms with E-state index in [2.05, 4.69) is 30.2 Å². The van der Waals surface area contributed by atoms with Crippen molar-refractivity contribution in [3.63, 3.8) is 0 Å². The summed E-state index contributed by atoms with van der Waals surface area (Å²) in [6.07, 6.45) is -1.25. The minimum atomic E-state index is -4.50. The molecule has 14 heteroatoms. The first-order valence-electron chi connectivity index (χ1n) is 12.7. The van der Waals surface area contributed by atoms with E-state index in [0.29, 0.717) is 37.6 Å². The van der Waals surface area contributed by atoms with E-state index < -0.39 is 23.6 Å². The lowest BCUT2D eigenvalue weighted by atomic mass is 10.1. The summed E-state index contributed by atoms with van der Waals surface area (Å²) in [5.74, 6) is 0.195. The number of ether oxygens (including phenoxy) is 3. The summed E-state index contributed by atoms with van der Waals surface area (Å²) in [7, 11) is 0. The number of urea groups is 1. The predicted octanol–water partition coefficient (Wildman–Crippen LogP) is 4.11. The fourth-order valence-electron chi connectivity index (χ4n) is 5.03. The van der Waals surface area contributed by atoms with Gasteiger partial charge in [-0.05, 0) is 32.4 Å². The average Bonchev–Trinajstić information content (AvgIpc) is 3.50. The van der Waals surface area contributed by atoms with Crippen LogP contribution in [0.15, 0.2) is 42.9 Å². The van der Waals surface area contributed by atoms with Gasteiger partial charge in [-0.25, -0.2) is 24.7 Å². The maximum absolute atomic E-state index is 13.6. The summed E-state index contributed by atoms with van der Waals surface area (Å²) < 4.78 is 56.9. The van der Waals surface area contributed by atoms with Gasteiger partial charge in [-0.15, -0.1) is 0 Å². The van der Waals surface area contributed by atoms with Crippen LogP contribution in [0.25, 0.3) is 11.4 Å². The molecule has 2 atom stereocenters. The summed E-state index contributed by atoms with van der Waals surface area (Å²) in [5.41, 5.74) is 0.0267. The highest BCUT2D eigenvalue weighted by Crippen LogP contribution is 2.40. The Morgan fingerprint density at radius 1 is 1.23 bits per heavy atom. The van der Waals surface area contributed by atoms with Crippen LogP contribution in [0.4, 0.5) is 35.3 Å². The normalized spacial score (nSPS) is 21.3. The van der Waals surface area contributed by atoms with E-state index in [1.807, 2.05) is 13.8 Å². The molecule has 210 valence electrons. The number of hydrogen-bond acceptors (Lipinski definition) is 9. The van der Waals surface area contributed by atoms with E-state index >= 15 is 0 Å². The second-order valence-electron chi connectivity index (χ2n) is 10.2. The second-order valence-corrected chi connectivity index (χ2v) is 10.2. The molecule has 5 heterocycles. The molecule has 0 saturated carbocycles. The zero-order valence-corrected chi connectivity index (χ0v) is 21.7. The molecule has 3 aliphatic heterocycles. The summed E-state index contributed by atoms with van der Waals surface area (Å²) in [6.45, 7) is 5.52. The first-order chi connectivity index (χ1) is 19.1. The molecule has 1 aromatic carbocycles. The minimum absolute atomic E-state index is 0.0872. The number of hydrogen-bond donors (Lipinski definition) is 1. The van der Waals surface area contributed by atoms with Crippen molar-refractivity contribution in [2.75, 3.05) is 41.4 Å². The first kappa shape index (κ1) is 26.2. The Hall–Kier alpha value is -4.04. The standard InChI is InChI=1S/C26H26F3N7O4/c1-25(2)39-13-18(40-25)12-38-21-9-20(31-14-32-21)33-24(37)36-17-6-7-35(11-17)19-10-30-22(34-23(19)36)15-4-3-5-16(8-15)26(27,28)29/h3-5,8-10,14,17-18H,6-7,11-13H2,1-2H3,(H,31,32,33,37)/t17?,18-/m1/s1. The SMILES string of the molecule is CC1(C)OC[C@@H](COc2cc(NC(=O)N3c4nc(-c5cccc(C(F)(F)F)c5)ncc4N4CCC3C4)ncn2)O1. The number of alkyl halides is 3. The number of carbonyl (C=O) groups excluding carboxylic acids is 1. The monoisotopic (exact) mass is 557 g/mol. The van der Waals surface area contributed by atoms with Crippen LogP contribution in [0.5, 0.6) is 5.88 Å². The Balaban J connectivity index is 1.22. The molecule has 2 amide bonds. The van der Waals surface area contributed by atoms with E-state index in [1.54, 1.807) is 6.20 Å². The fraction of sp³-hybridized carbons (Fsp3) is 0.423. The largest absolute Gasteiger partial charge is 0.475 e. The molecule has 2 fully saturated rings. The fourth-order valence-corrected chi connectivity index (χ4v) is 5.03. The summed E-state index contributed by atoms with van der Waals surface area (Å²) >= 11 is 0. The Bertz CT molecular complexity index is 1440. The van der Waals surface area contributed by atoms with Gasteiger partial charge in [-0.2, -0.15) is 13.2 Å². The predicted molar refractivity (Wildman–Crippen MR) is 137 cm³/mol. The number of carbonyl (C=O) groups is 1. The van der Waals surface area contributed by atoms with Gasteiger partial charge >= 0.3 is 12.2 Å². The summed E-state index contributed by atoms with van der Waals surface area (Å²) in [6, 6.07) is 5.63. The maximum atomic E-state index is 13.6. The van der Waals surface area contributed by atoms with Crippen LogP contribution >= 0.6 is 0 Å². The number of rotatable bonds is 5. The highest BCUT2D eigenvalue weighted by atomic mass is 19.4. The van der Waals surface area contributed by atoms with Crippen LogP contribution in [-0.4, -0.2) is 70.2 Å². The molecule has 2 aromatic heterocycles. The number of fused-ring (bicyclic) bond motifs is 4. The van der Waals surface area contributed by atoms with Crippen molar-refractivity contribution in [1.29, 1.82) is 0 Å². The quantitative estimate of drug-likeness (QED) is 0.495. The summed E-state index contributed by atoms with van der Waals surface area (Å²) in [4.78, 5) is 34.2. The minimum Gasteiger partial charge on any atom is -0.475 e. The van der Waals surface area contributed by atoms with Gasteiger partial charge in [0, 0.05) is 24.7 Å². The highest BCUT2D eigenvalue weighted by molar-refractivity contribution is 6.04. The van der Waals surface area contributed by atoms with Crippen molar-refractivity contribution in [2.24, 2.45) is 0 Å². The van der Waals surface area contributed by atoms with Gasteiger partial charge < -0.3 is 19.1 Å². The van der Waals surface area contributed by atoms with E-state index in [1.165, 1.54) is 29.4 Å². The van der Waals surface area contributed by atoms with E-state index in [0.717, 1.165) is 12.1 Å². The molecule has 2 bridgehead atoms. The molecule has 2 saturated heterocycles. The smallest absolute Gasteiger partial charge is 0.416 e. The lowest BCUT2D eigenvalue weighted by Gasteiger charge is -2.35. The van der Waals surface area contributed by atoms with Crippen LogP contribution < -0.4 is 19.9 Å². The second kappa shape index (κ2) is 9.86. The zero-order valence-electron chi connectivity index (χ0n) is 21.7. The number of nitrogens with one attached hydrogen (secondary N) is 1. The zero-order chi connectivity index (χ0) is 28.1. The van der Waals surface area contributed by atoms with E-state index in [4.69, 9.17) is 14.2 Å². The number of aromatic nitrogens is 4. The average molecular weight is 558 g/mol. The third kappa shape index (κ3) is 5.23. The number of halogens is 3. The van der Waals surface area contributed by atoms with Gasteiger partial charge in [0.2, 0.25) is 5.88 Å². The van der Waals surface area contributed by atoms with Crippen molar-refractivity contribution in [3.8, 4) is 17.3 Å². The number of anilines is 3. The van der Waals surface area contributed by atoms with Crippen molar-refractivity contribution in [1.82, 2.24) is 19.9 Å². The van der Waals surface area contributed by atoms with Gasteiger partial charge in [0.1, 0.15) is 24.9 Å². The van der Waals surface area contributed by atoms with Gasteiger partial charge in [0.05, 0.1) is 30.1 Å². The Kier molecular flexibility index (Phi) is 6.45. The molecular weight excluding hydrogens is 531 g/mol. The lowest BCUT2D eigenvalue weighted by Crippen LogP contribution is -2.48. The molecule has 3 aromatic rings. The molecule has 0 aliphatic carbocycles. The topological polar surface area (TPSA) is 115 Å². The van der Waals surface area contributed by atoms with Crippen LogP contribution in [0.3, 0.4) is 0 Å². The van der Waals surface area contributed by atoms with Gasteiger partial charge in [0.15, 0.2) is 17.4 Å². The number of amides is 2. The molecule has 1 N–H and O–H groups in total. The van der Waals surface area contributed by atoms with Gasteiger partial charge in [-0.1, -0.05) is 12.1 Å². The lowest BCUT2D eigenvalue weighted by molar-refractivity contribution is -0.141. The van der Waals surface area contributed by atoms with Crippen LogP contribution in [-0.2, 0) is 15.7 Å². The molecule has 0 spiro atoms. The van der Waals surface area contributed by atoms with Gasteiger partial charge in [0.25, 0.3) is 0 Å². The van der Waals surface area contributed by atoms with Crippen LogP contribution in [0.2, 0.25) is 0 Å². The van der Waals surface area contributed by atoms with Crippen molar-refractivity contribution >= 4 is 23.4 Å². The number of benzene rings is 1.